The van der Waals surface area contributed by atoms with Crippen LogP contribution in [0, 0.1) is 11.3 Å². The minimum Gasteiger partial charge on any atom is -0.497 e. The van der Waals surface area contributed by atoms with Gasteiger partial charge in [-0.15, -0.1) is 11.8 Å². The quantitative estimate of drug-likeness (QED) is 0.863. The van der Waals surface area contributed by atoms with Gasteiger partial charge in [0.15, 0.2) is 0 Å². The van der Waals surface area contributed by atoms with Gasteiger partial charge < -0.3 is 4.74 Å². The van der Waals surface area contributed by atoms with Gasteiger partial charge in [-0.1, -0.05) is 13.0 Å². The summed E-state index contributed by atoms with van der Waals surface area (Å²) in [7, 11) is 1.69. The zero-order valence-electron chi connectivity index (χ0n) is 12.9. The Labute approximate surface area is 132 Å². The molecule has 1 aromatic rings. The third-order valence-electron chi connectivity index (χ3n) is 3.98. The Balaban J connectivity index is 2.01. The molecule has 1 aliphatic carbocycles. The third kappa shape index (κ3) is 4.39. The Morgan fingerprint density at radius 3 is 3.10 bits per heavy atom. The number of hydrogen-bond donors (Lipinski definition) is 1. The Morgan fingerprint density at radius 2 is 2.38 bits per heavy atom. The van der Waals surface area contributed by atoms with E-state index in [1.807, 2.05) is 23.9 Å². The zero-order chi connectivity index (χ0) is 15.1. The highest BCUT2D eigenvalue weighted by Gasteiger charge is 2.36. The molecular weight excluding hydrogens is 280 g/mol. The summed E-state index contributed by atoms with van der Waals surface area (Å²) in [5, 5.41) is 13.6. The first-order valence-corrected chi connectivity index (χ1v) is 8.56. The first-order chi connectivity index (χ1) is 10.2. The largest absolute Gasteiger partial charge is 0.497 e. The van der Waals surface area contributed by atoms with Crippen molar-refractivity contribution >= 4 is 11.8 Å². The molecule has 0 amide bonds. The molecule has 21 heavy (non-hydrogen) atoms. The van der Waals surface area contributed by atoms with Crippen molar-refractivity contribution in [1.29, 1.82) is 5.26 Å². The first kappa shape index (κ1) is 16.2. The molecule has 1 fully saturated rings. The molecule has 2 rings (SSSR count). The van der Waals surface area contributed by atoms with Crippen molar-refractivity contribution in [1.82, 2.24) is 5.32 Å². The highest BCUT2D eigenvalue weighted by molar-refractivity contribution is 8.00. The van der Waals surface area contributed by atoms with Crippen LogP contribution < -0.4 is 10.1 Å². The van der Waals surface area contributed by atoms with E-state index in [2.05, 4.69) is 30.4 Å². The van der Waals surface area contributed by atoms with Crippen molar-refractivity contribution in [2.24, 2.45) is 0 Å². The maximum atomic E-state index is 9.59. The number of nitrogens with zero attached hydrogens (tertiary/aromatic N) is 1. The Bertz CT molecular complexity index is 500. The number of benzene rings is 1. The third-order valence-corrected chi connectivity index (χ3v) is 5.24. The second-order valence-electron chi connectivity index (χ2n) is 5.64. The van der Waals surface area contributed by atoms with Gasteiger partial charge in [0.2, 0.25) is 0 Å². The summed E-state index contributed by atoms with van der Waals surface area (Å²) in [4.78, 5) is 1.23. The standard InChI is InChI=1S/C17H24N2OS/c1-3-10-19-17(13-18)9-5-8-16(12-17)21-15-7-4-6-14(11-15)20-2/h4,6-7,11,16,19H,3,5,8-10,12H2,1-2H3. The molecule has 0 spiro atoms. The molecule has 0 bridgehead atoms. The van der Waals surface area contributed by atoms with Gasteiger partial charge in [0.25, 0.3) is 0 Å². The van der Waals surface area contributed by atoms with Crippen LogP contribution in [0.1, 0.15) is 39.0 Å². The van der Waals surface area contributed by atoms with Gasteiger partial charge >= 0.3 is 0 Å². The summed E-state index contributed by atoms with van der Waals surface area (Å²) < 4.78 is 5.28. The second kappa shape index (κ2) is 7.72. The molecule has 0 saturated heterocycles. The number of nitriles is 1. The first-order valence-electron chi connectivity index (χ1n) is 7.68. The van der Waals surface area contributed by atoms with Crippen LogP contribution in [0.4, 0.5) is 0 Å². The van der Waals surface area contributed by atoms with E-state index in [0.717, 1.165) is 38.0 Å². The molecule has 0 radical (unpaired) electrons. The number of nitrogens with one attached hydrogen (secondary N) is 1. The zero-order valence-corrected chi connectivity index (χ0v) is 13.7. The van der Waals surface area contributed by atoms with E-state index in [9.17, 15) is 5.26 Å². The highest BCUT2D eigenvalue weighted by atomic mass is 32.2. The number of methoxy groups -OCH3 is 1. The number of hydrogen-bond acceptors (Lipinski definition) is 4. The molecule has 1 aromatic carbocycles. The van der Waals surface area contributed by atoms with Crippen LogP contribution in [0.2, 0.25) is 0 Å². The van der Waals surface area contributed by atoms with Crippen LogP contribution in [0.5, 0.6) is 5.75 Å². The van der Waals surface area contributed by atoms with Crippen LogP contribution in [0.25, 0.3) is 0 Å². The lowest BCUT2D eigenvalue weighted by atomic mass is 9.82. The molecule has 114 valence electrons. The predicted molar refractivity (Wildman–Crippen MR) is 87.7 cm³/mol. The summed E-state index contributed by atoms with van der Waals surface area (Å²) >= 11 is 1.87. The van der Waals surface area contributed by atoms with E-state index >= 15 is 0 Å². The lowest BCUT2D eigenvalue weighted by Gasteiger charge is -2.36. The molecule has 3 nitrogen and oxygen atoms in total. The SMILES string of the molecule is CCCNC1(C#N)CCCC(Sc2cccc(OC)c2)C1. The van der Waals surface area contributed by atoms with Gasteiger partial charge in [-0.2, -0.15) is 5.26 Å². The smallest absolute Gasteiger partial charge is 0.119 e. The Hall–Kier alpha value is -1.18. The topological polar surface area (TPSA) is 45.0 Å². The maximum absolute atomic E-state index is 9.59. The monoisotopic (exact) mass is 304 g/mol. The van der Waals surface area contributed by atoms with E-state index in [1.165, 1.54) is 11.3 Å². The maximum Gasteiger partial charge on any atom is 0.119 e. The Morgan fingerprint density at radius 1 is 1.52 bits per heavy atom. The van der Waals surface area contributed by atoms with E-state index in [4.69, 9.17) is 4.74 Å². The van der Waals surface area contributed by atoms with Crippen LogP contribution in [-0.2, 0) is 0 Å². The fourth-order valence-corrected chi connectivity index (χ4v) is 4.24. The summed E-state index contributed by atoms with van der Waals surface area (Å²) in [5.74, 6) is 0.895. The summed E-state index contributed by atoms with van der Waals surface area (Å²) in [5.41, 5.74) is -0.329. The Kier molecular flexibility index (Phi) is 5.96. The van der Waals surface area contributed by atoms with Crippen LogP contribution in [0.3, 0.4) is 0 Å². The number of thioether (sulfide) groups is 1. The molecule has 1 aliphatic rings. The normalized spacial score (nSPS) is 25.3. The van der Waals surface area contributed by atoms with Crippen LogP contribution in [0.15, 0.2) is 29.2 Å². The predicted octanol–water partition coefficient (Wildman–Crippen LogP) is 3.99. The molecule has 1 saturated carbocycles. The van der Waals surface area contributed by atoms with Crippen molar-refractivity contribution in [3.63, 3.8) is 0 Å². The molecule has 0 heterocycles. The number of ether oxygens (including phenoxy) is 1. The van der Waals surface area contributed by atoms with Crippen molar-refractivity contribution in [2.75, 3.05) is 13.7 Å². The van der Waals surface area contributed by atoms with Crippen molar-refractivity contribution < 1.29 is 4.74 Å². The van der Waals surface area contributed by atoms with Gasteiger partial charge in [0.1, 0.15) is 11.3 Å². The summed E-state index contributed by atoms with van der Waals surface area (Å²) in [6.07, 6.45) is 5.26. The van der Waals surface area contributed by atoms with Gasteiger partial charge in [-0.25, -0.2) is 0 Å². The van der Waals surface area contributed by atoms with Crippen molar-refractivity contribution in [3.8, 4) is 11.8 Å². The average molecular weight is 304 g/mol. The summed E-state index contributed by atoms with van der Waals surface area (Å²) in [6.45, 7) is 3.06. The molecule has 4 heteroatoms. The minimum atomic E-state index is -0.329. The minimum absolute atomic E-state index is 0.329. The van der Waals surface area contributed by atoms with E-state index < -0.39 is 0 Å². The van der Waals surface area contributed by atoms with Gasteiger partial charge in [-0.05, 0) is 56.8 Å². The fraction of sp³-hybridized carbons (Fsp3) is 0.588. The summed E-state index contributed by atoms with van der Waals surface area (Å²) in [6, 6.07) is 10.7. The van der Waals surface area contributed by atoms with Crippen molar-refractivity contribution in [2.45, 2.75) is 54.7 Å². The molecule has 0 aliphatic heterocycles. The van der Waals surface area contributed by atoms with Gasteiger partial charge in [0, 0.05) is 10.1 Å². The van der Waals surface area contributed by atoms with E-state index in [1.54, 1.807) is 7.11 Å². The van der Waals surface area contributed by atoms with Gasteiger partial charge in [0.05, 0.1) is 13.2 Å². The molecule has 2 atom stereocenters. The number of rotatable bonds is 6. The van der Waals surface area contributed by atoms with E-state index in [0.29, 0.717) is 5.25 Å². The van der Waals surface area contributed by atoms with E-state index in [-0.39, 0.29) is 5.54 Å². The average Bonchev–Trinajstić information content (AvgIpc) is 2.53. The second-order valence-corrected chi connectivity index (χ2v) is 7.01. The van der Waals surface area contributed by atoms with Gasteiger partial charge in [-0.3, -0.25) is 5.32 Å². The fourth-order valence-electron chi connectivity index (χ4n) is 2.86. The van der Waals surface area contributed by atoms with Crippen LogP contribution >= 0.6 is 11.8 Å². The molecule has 0 aromatic heterocycles. The highest BCUT2D eigenvalue weighted by Crippen LogP contribution is 2.38. The van der Waals surface area contributed by atoms with Crippen LogP contribution in [-0.4, -0.2) is 24.4 Å². The lowest BCUT2D eigenvalue weighted by Crippen LogP contribution is -2.48. The molecule has 1 N–H and O–H groups in total. The van der Waals surface area contributed by atoms with Crippen molar-refractivity contribution in [3.05, 3.63) is 24.3 Å². The molecule has 2 unspecified atom stereocenters. The lowest BCUT2D eigenvalue weighted by molar-refractivity contribution is 0.305. The molecular formula is C17H24N2OS.